The number of fused-ring (bicyclic) bond motifs is 1. The van der Waals surface area contributed by atoms with E-state index in [9.17, 15) is 19.5 Å². The largest absolute Gasteiger partial charge is 0.545 e. The zero-order valence-corrected chi connectivity index (χ0v) is 12.5. The lowest BCUT2D eigenvalue weighted by molar-refractivity contribution is -0.663. The first-order valence-electron chi connectivity index (χ1n) is 7.56. The summed E-state index contributed by atoms with van der Waals surface area (Å²) in [5, 5.41) is 14.0. The van der Waals surface area contributed by atoms with Gasteiger partial charge in [-0.15, -0.1) is 0 Å². The summed E-state index contributed by atoms with van der Waals surface area (Å²) >= 11 is 0. The number of piperidine rings is 1. The predicted molar refractivity (Wildman–Crippen MR) is 81.3 cm³/mol. The van der Waals surface area contributed by atoms with Crippen molar-refractivity contribution in [1.82, 2.24) is 4.68 Å². The van der Waals surface area contributed by atoms with Crippen LogP contribution in [0.5, 0.6) is 0 Å². The minimum atomic E-state index is -1.39. The van der Waals surface area contributed by atoms with E-state index in [4.69, 9.17) is 0 Å². The number of rotatable bonds is 3. The maximum absolute atomic E-state index is 12.5. The van der Waals surface area contributed by atoms with Crippen LogP contribution in [-0.4, -0.2) is 29.6 Å². The number of nitrogens with zero attached hydrogens (tertiary/aromatic N) is 1. The number of amides is 1. The summed E-state index contributed by atoms with van der Waals surface area (Å²) in [6.45, 7) is 1.74. The number of carbonyl (C=O) groups is 2. The summed E-state index contributed by atoms with van der Waals surface area (Å²) in [6.07, 6.45) is 2.59. The van der Waals surface area contributed by atoms with E-state index in [2.05, 4.69) is 10.7 Å². The third kappa shape index (κ3) is 2.95. The van der Waals surface area contributed by atoms with Gasteiger partial charge < -0.3 is 15.2 Å². The number of carbonyl (C=O) groups excluding carboxylic acids is 2. The molecule has 1 aromatic heterocycles. The lowest BCUT2D eigenvalue weighted by atomic mass is 9.98. The van der Waals surface area contributed by atoms with Crippen molar-refractivity contribution < 1.29 is 20.0 Å². The lowest BCUT2D eigenvalue weighted by Gasteiger charge is -2.21. The molecule has 1 fully saturated rings. The summed E-state index contributed by atoms with van der Waals surface area (Å²) in [7, 11) is 0. The summed E-state index contributed by atoms with van der Waals surface area (Å²) in [5.41, 5.74) is 1.94. The van der Waals surface area contributed by atoms with Crippen molar-refractivity contribution in [3.05, 3.63) is 46.4 Å². The van der Waals surface area contributed by atoms with Gasteiger partial charge in [0.25, 0.3) is 5.56 Å². The number of benzene rings is 1. The number of nitrogens with two attached hydrogens (primary N) is 1. The molecule has 0 bridgehead atoms. The average Bonchev–Trinajstić information content (AvgIpc) is 2.58. The van der Waals surface area contributed by atoms with E-state index in [-0.39, 0.29) is 22.8 Å². The van der Waals surface area contributed by atoms with E-state index >= 15 is 0 Å². The van der Waals surface area contributed by atoms with Crippen LogP contribution in [0, 0.1) is 5.92 Å². The van der Waals surface area contributed by atoms with Crippen LogP contribution in [-0.2, 0) is 4.79 Å². The van der Waals surface area contributed by atoms with E-state index in [0.717, 1.165) is 36.8 Å². The van der Waals surface area contributed by atoms with Gasteiger partial charge in [0.05, 0.1) is 25.0 Å². The van der Waals surface area contributed by atoms with Gasteiger partial charge in [-0.1, -0.05) is 18.2 Å². The van der Waals surface area contributed by atoms with Gasteiger partial charge in [0, 0.05) is 30.0 Å². The first kappa shape index (κ1) is 15.2. The molecule has 0 saturated carbocycles. The highest BCUT2D eigenvalue weighted by Gasteiger charge is 2.23. The van der Waals surface area contributed by atoms with Gasteiger partial charge in [-0.3, -0.25) is 15.0 Å². The van der Waals surface area contributed by atoms with Gasteiger partial charge >= 0.3 is 0 Å². The Bertz CT molecular complexity index is 822. The molecule has 2 heterocycles. The molecule has 0 radical (unpaired) electrons. The molecule has 1 amide bonds. The zero-order valence-electron chi connectivity index (χ0n) is 12.5. The van der Waals surface area contributed by atoms with Gasteiger partial charge in [0.1, 0.15) is 0 Å². The quantitative estimate of drug-likeness (QED) is 0.712. The van der Waals surface area contributed by atoms with Gasteiger partial charge in [0.2, 0.25) is 5.91 Å². The Morgan fingerprint density at radius 3 is 2.48 bits per heavy atom. The van der Waals surface area contributed by atoms with Crippen LogP contribution in [0.15, 0.2) is 35.3 Å². The maximum atomic E-state index is 12.5. The molecule has 1 saturated heterocycles. The molecule has 7 nitrogen and oxygen atoms in total. The normalized spacial score (nSPS) is 15.5. The molecule has 2 aromatic rings. The standard InChI is InChI=1S/C16H17N3O4/c20-14(10-5-7-17-8-6-10)18-19-9-13(16(22)23)11-3-1-2-4-12(11)15(19)21/h1-4,9-10,17H,5-8H2,(H,18,20)(H,22,23). The van der Waals surface area contributed by atoms with Crippen molar-refractivity contribution in [3.63, 3.8) is 0 Å². The summed E-state index contributed by atoms with van der Waals surface area (Å²) in [6, 6.07) is 6.37. The molecule has 1 aliphatic heterocycles. The first-order chi connectivity index (χ1) is 11.1. The monoisotopic (exact) mass is 315 g/mol. The fourth-order valence-electron chi connectivity index (χ4n) is 2.94. The molecule has 3 rings (SSSR count). The van der Waals surface area contributed by atoms with Crippen LogP contribution in [0.3, 0.4) is 0 Å². The Balaban J connectivity index is 2.00. The van der Waals surface area contributed by atoms with Crippen LogP contribution >= 0.6 is 0 Å². The Morgan fingerprint density at radius 1 is 1.17 bits per heavy atom. The van der Waals surface area contributed by atoms with Crippen LogP contribution in [0.1, 0.15) is 23.2 Å². The van der Waals surface area contributed by atoms with Crippen molar-refractivity contribution in [2.45, 2.75) is 12.8 Å². The molecule has 1 aliphatic rings. The highest BCUT2D eigenvalue weighted by atomic mass is 16.4. The number of hydrogen-bond acceptors (Lipinski definition) is 4. The highest BCUT2D eigenvalue weighted by Crippen LogP contribution is 2.15. The molecule has 23 heavy (non-hydrogen) atoms. The molecule has 1 aromatic carbocycles. The molecule has 0 aliphatic carbocycles. The van der Waals surface area contributed by atoms with Crippen LogP contribution < -0.4 is 21.4 Å². The average molecular weight is 315 g/mol. The van der Waals surface area contributed by atoms with Crippen molar-refractivity contribution in [2.75, 3.05) is 18.5 Å². The van der Waals surface area contributed by atoms with E-state index in [0.29, 0.717) is 5.39 Å². The summed E-state index contributed by atoms with van der Waals surface area (Å²) < 4.78 is 0.952. The second-order valence-electron chi connectivity index (χ2n) is 5.67. The molecular weight excluding hydrogens is 298 g/mol. The smallest absolute Gasteiger partial charge is 0.277 e. The Kier molecular flexibility index (Phi) is 4.12. The molecular formula is C16H17N3O4. The number of carboxylic acid groups (broad SMARTS) is 1. The minimum Gasteiger partial charge on any atom is -0.545 e. The number of pyridine rings is 1. The van der Waals surface area contributed by atoms with Crippen molar-refractivity contribution in [3.8, 4) is 0 Å². The lowest BCUT2D eigenvalue weighted by Crippen LogP contribution is -2.86. The topological polar surface area (TPSA) is 108 Å². The van der Waals surface area contributed by atoms with E-state index in [1.807, 2.05) is 0 Å². The predicted octanol–water partition coefficient (Wildman–Crippen LogP) is -1.59. The Morgan fingerprint density at radius 2 is 1.83 bits per heavy atom. The summed E-state index contributed by atoms with van der Waals surface area (Å²) in [5.74, 6) is -1.82. The van der Waals surface area contributed by atoms with E-state index < -0.39 is 11.5 Å². The molecule has 3 N–H and O–H groups in total. The number of aromatic carboxylic acids is 1. The maximum Gasteiger partial charge on any atom is 0.277 e. The van der Waals surface area contributed by atoms with Crippen LogP contribution in [0.25, 0.3) is 10.8 Å². The number of aromatic nitrogens is 1. The van der Waals surface area contributed by atoms with E-state index in [1.165, 1.54) is 6.07 Å². The summed E-state index contributed by atoms with van der Waals surface area (Å²) in [4.78, 5) is 36.1. The third-order valence-electron chi connectivity index (χ3n) is 4.18. The number of hydrogen-bond donors (Lipinski definition) is 2. The van der Waals surface area contributed by atoms with Crippen LogP contribution in [0.2, 0.25) is 0 Å². The molecule has 120 valence electrons. The van der Waals surface area contributed by atoms with Crippen molar-refractivity contribution >= 4 is 22.6 Å². The fourth-order valence-corrected chi connectivity index (χ4v) is 2.94. The Hall–Kier alpha value is -2.67. The zero-order chi connectivity index (χ0) is 16.4. The third-order valence-corrected chi connectivity index (χ3v) is 4.18. The fraction of sp³-hybridized carbons (Fsp3) is 0.312. The number of quaternary nitrogens is 1. The van der Waals surface area contributed by atoms with Crippen LogP contribution in [0.4, 0.5) is 0 Å². The SMILES string of the molecule is O=C([O-])c1cn(NC(=O)C2CC[NH2+]CC2)c(=O)c2ccccc12. The molecule has 0 spiro atoms. The van der Waals surface area contributed by atoms with Gasteiger partial charge in [-0.05, 0) is 11.5 Å². The minimum absolute atomic E-state index is 0.127. The van der Waals surface area contributed by atoms with Gasteiger partial charge in [0.15, 0.2) is 0 Å². The van der Waals surface area contributed by atoms with Crippen molar-refractivity contribution in [2.24, 2.45) is 5.92 Å². The second kappa shape index (κ2) is 6.21. The number of nitrogens with one attached hydrogen (secondary N) is 1. The van der Waals surface area contributed by atoms with Crippen molar-refractivity contribution in [1.29, 1.82) is 0 Å². The van der Waals surface area contributed by atoms with Gasteiger partial charge in [-0.2, -0.15) is 0 Å². The molecule has 0 unspecified atom stereocenters. The highest BCUT2D eigenvalue weighted by molar-refractivity contribution is 6.02. The second-order valence-corrected chi connectivity index (χ2v) is 5.67. The molecule has 7 heteroatoms. The molecule has 0 atom stereocenters. The van der Waals surface area contributed by atoms with E-state index in [1.54, 1.807) is 18.2 Å². The number of carboxylic acids is 1. The van der Waals surface area contributed by atoms with Gasteiger partial charge in [-0.25, -0.2) is 4.68 Å². The first-order valence-corrected chi connectivity index (χ1v) is 7.56. The Labute approximate surface area is 131 Å².